The standard InChI is InChI=1S/C2H4N3O2PS2/c6-1-3-2(7)5-8(9,10)4-1/h(H4,3,4,5,6,7,9,10)/p-1. The van der Waals surface area contributed by atoms with Crippen LogP contribution in [0.1, 0.15) is 0 Å². The number of hydrogen-bond acceptors (Lipinski definition) is 4. The maximum Gasteiger partial charge on any atom is 0.326 e. The summed E-state index contributed by atoms with van der Waals surface area (Å²) in [5, 5.41) is 6.42. The summed E-state index contributed by atoms with van der Waals surface area (Å²) >= 11 is 9.34. The van der Waals surface area contributed by atoms with Crippen molar-refractivity contribution in [3.63, 3.8) is 0 Å². The third-order valence-corrected chi connectivity index (χ3v) is 2.81. The van der Waals surface area contributed by atoms with Crippen LogP contribution in [0.15, 0.2) is 0 Å². The van der Waals surface area contributed by atoms with E-state index in [4.69, 9.17) is 0 Å². The molecule has 10 heavy (non-hydrogen) atoms. The summed E-state index contributed by atoms with van der Waals surface area (Å²) in [6.07, 6.45) is 0. The van der Waals surface area contributed by atoms with Crippen molar-refractivity contribution >= 4 is 41.7 Å². The number of rotatable bonds is 0. The van der Waals surface area contributed by atoms with E-state index in [2.05, 4.69) is 34.2 Å². The van der Waals surface area contributed by atoms with Gasteiger partial charge in [0.15, 0.2) is 0 Å². The van der Waals surface area contributed by atoms with Crippen LogP contribution in [-0.4, -0.2) is 12.1 Å². The normalized spacial score (nSPS) is 22.5. The van der Waals surface area contributed by atoms with Crippen LogP contribution in [0, 0.1) is 0 Å². The number of amides is 4. The third-order valence-electron chi connectivity index (χ3n) is 0.725. The highest BCUT2D eigenvalue weighted by Gasteiger charge is 2.17. The van der Waals surface area contributed by atoms with Gasteiger partial charge in [-0.25, -0.2) is 9.59 Å². The van der Waals surface area contributed by atoms with Crippen molar-refractivity contribution in [2.45, 2.75) is 0 Å². The number of nitrogens with one attached hydrogen (secondary N) is 3. The van der Waals surface area contributed by atoms with E-state index in [0.29, 0.717) is 0 Å². The number of carbonyl (C=O) groups is 2. The van der Waals surface area contributed by atoms with Gasteiger partial charge in [0, 0.05) is 0 Å². The molecule has 5 nitrogen and oxygen atoms in total. The molecule has 1 fully saturated rings. The van der Waals surface area contributed by atoms with Crippen molar-refractivity contribution in [2.24, 2.45) is 0 Å². The molecule has 1 aliphatic heterocycles. The second-order valence-electron chi connectivity index (χ2n) is 1.56. The van der Waals surface area contributed by atoms with Gasteiger partial charge in [-0.2, -0.15) is 0 Å². The first-order valence-corrected chi connectivity index (χ1v) is 6.04. The lowest BCUT2D eigenvalue weighted by molar-refractivity contribution is 0.231. The van der Waals surface area contributed by atoms with Crippen LogP contribution in [0.5, 0.6) is 0 Å². The Morgan fingerprint density at radius 1 is 1.30 bits per heavy atom. The summed E-state index contributed by atoms with van der Waals surface area (Å²) in [7, 11) is 0. The highest BCUT2D eigenvalue weighted by molar-refractivity contribution is 8.54. The molecule has 1 heterocycles. The molecule has 0 radical (unpaired) electrons. The summed E-state index contributed by atoms with van der Waals surface area (Å²) < 4.78 is 0. The lowest BCUT2D eigenvalue weighted by atomic mass is 10.9. The van der Waals surface area contributed by atoms with Crippen molar-refractivity contribution in [1.29, 1.82) is 0 Å². The molecule has 1 rings (SSSR count). The fraction of sp³-hybridized carbons (Fsp3) is 0. The maximum atomic E-state index is 10.5. The van der Waals surface area contributed by atoms with Gasteiger partial charge >= 0.3 is 12.1 Å². The quantitative estimate of drug-likeness (QED) is 0.370. The molecule has 1 saturated heterocycles. The minimum absolute atomic E-state index is 0.623. The Hall–Kier alpha value is -0.260. The summed E-state index contributed by atoms with van der Waals surface area (Å²) in [5.74, 6) is 0. The van der Waals surface area contributed by atoms with E-state index in [1.54, 1.807) is 0 Å². The van der Waals surface area contributed by atoms with Crippen LogP contribution >= 0.6 is 5.54 Å². The van der Waals surface area contributed by atoms with Gasteiger partial charge in [0.25, 0.3) is 0 Å². The zero-order chi connectivity index (χ0) is 7.78. The molecule has 4 amide bonds. The van der Waals surface area contributed by atoms with E-state index in [9.17, 15) is 9.59 Å². The van der Waals surface area contributed by atoms with Crippen molar-refractivity contribution in [3.05, 3.63) is 0 Å². The predicted octanol–water partition coefficient (Wildman–Crippen LogP) is -0.220. The zero-order valence-electron chi connectivity index (χ0n) is 4.58. The number of urea groups is 2. The topological polar surface area (TPSA) is 70.2 Å². The molecule has 8 heteroatoms. The Morgan fingerprint density at radius 3 is 2.00 bits per heavy atom. The second-order valence-corrected chi connectivity index (χ2v) is 7.09. The van der Waals surface area contributed by atoms with Crippen LogP contribution in [0.25, 0.3) is 0 Å². The largest absolute Gasteiger partial charge is 0.705 e. The van der Waals surface area contributed by atoms with Crippen molar-refractivity contribution in [1.82, 2.24) is 15.5 Å². The average Bonchev–Trinajstić information content (AvgIpc) is 1.54. The molecule has 0 atom stereocenters. The molecule has 3 N–H and O–H groups in total. The Morgan fingerprint density at radius 2 is 1.70 bits per heavy atom. The lowest BCUT2D eigenvalue weighted by Crippen LogP contribution is -2.50. The van der Waals surface area contributed by atoms with Crippen molar-refractivity contribution in [2.75, 3.05) is 0 Å². The highest BCUT2D eigenvalue weighted by atomic mass is 32.9. The molecule has 1 aliphatic rings. The highest BCUT2D eigenvalue weighted by Crippen LogP contribution is 2.33. The van der Waals surface area contributed by atoms with Gasteiger partial charge in [0.05, 0.1) is 0 Å². The van der Waals surface area contributed by atoms with Gasteiger partial charge in [-0.05, 0) is 5.54 Å². The van der Waals surface area contributed by atoms with Gasteiger partial charge in [-0.15, -0.1) is 0 Å². The average molecular weight is 196 g/mol. The third kappa shape index (κ3) is 1.86. The van der Waals surface area contributed by atoms with E-state index in [-0.39, 0.29) is 0 Å². The Bertz CT molecular complexity index is 221. The molecule has 56 valence electrons. The van der Waals surface area contributed by atoms with Gasteiger partial charge in [-0.1, -0.05) is 11.8 Å². The van der Waals surface area contributed by atoms with E-state index < -0.39 is 17.6 Å². The first kappa shape index (κ1) is 7.84. The minimum Gasteiger partial charge on any atom is -0.705 e. The SMILES string of the molecule is O=C1NC(=O)NP(=S)([S-])N1. The zero-order valence-corrected chi connectivity index (χ0v) is 7.11. The maximum absolute atomic E-state index is 10.5. The fourth-order valence-corrected chi connectivity index (χ4v) is 2.15. The molecule has 0 aromatic rings. The van der Waals surface area contributed by atoms with Gasteiger partial charge in [0.2, 0.25) is 0 Å². The molecule has 0 aliphatic carbocycles. The van der Waals surface area contributed by atoms with E-state index >= 15 is 0 Å². The Labute approximate surface area is 67.2 Å². The van der Waals surface area contributed by atoms with Gasteiger partial charge < -0.3 is 22.4 Å². The molecule has 0 unspecified atom stereocenters. The monoisotopic (exact) mass is 196 g/mol. The summed E-state index contributed by atoms with van der Waals surface area (Å²) in [5.41, 5.74) is -2.54. The molecule has 0 bridgehead atoms. The minimum atomic E-state index is -2.54. The second kappa shape index (κ2) is 2.41. The molecule has 0 saturated carbocycles. The van der Waals surface area contributed by atoms with Gasteiger partial charge in [-0.3, -0.25) is 5.32 Å². The van der Waals surface area contributed by atoms with Crippen LogP contribution in [0.3, 0.4) is 0 Å². The number of imide groups is 1. The first-order valence-electron chi connectivity index (χ1n) is 2.22. The smallest absolute Gasteiger partial charge is 0.326 e. The molecular formula is C2H3N3O2PS2-. The van der Waals surface area contributed by atoms with E-state index in [1.807, 2.05) is 5.32 Å². The van der Waals surface area contributed by atoms with Gasteiger partial charge in [0.1, 0.15) is 0 Å². The Balaban J connectivity index is 2.79. The summed E-state index contributed by atoms with van der Waals surface area (Å²) in [6, 6.07) is -1.25. The van der Waals surface area contributed by atoms with Crippen LogP contribution in [0.4, 0.5) is 9.59 Å². The van der Waals surface area contributed by atoms with E-state index in [1.165, 1.54) is 0 Å². The van der Waals surface area contributed by atoms with Crippen LogP contribution in [0.2, 0.25) is 0 Å². The Kier molecular flexibility index (Phi) is 1.89. The molecular weight excluding hydrogens is 193 g/mol. The fourth-order valence-electron chi connectivity index (χ4n) is 0.454. The summed E-state index contributed by atoms with van der Waals surface area (Å²) in [6.45, 7) is 0. The predicted molar refractivity (Wildman–Crippen MR) is 41.8 cm³/mol. The van der Waals surface area contributed by atoms with Crippen molar-refractivity contribution in [3.8, 4) is 0 Å². The molecule has 0 aromatic heterocycles. The van der Waals surface area contributed by atoms with Crippen molar-refractivity contribution < 1.29 is 9.59 Å². The first-order chi connectivity index (χ1) is 4.49. The molecule has 0 spiro atoms. The number of carbonyl (C=O) groups excluding carboxylic acids is 2. The van der Waals surface area contributed by atoms with Crippen LogP contribution in [-0.2, 0) is 24.1 Å². The summed E-state index contributed by atoms with van der Waals surface area (Å²) in [4.78, 5) is 21.0. The van der Waals surface area contributed by atoms with E-state index in [0.717, 1.165) is 0 Å². The van der Waals surface area contributed by atoms with Crippen LogP contribution < -0.4 is 15.5 Å². The molecule has 0 aromatic carbocycles. The lowest BCUT2D eigenvalue weighted by Gasteiger charge is -2.33. The number of hydrogen-bond donors (Lipinski definition) is 3.